The molecule has 0 saturated carbocycles. The van der Waals surface area contributed by atoms with Crippen LogP contribution in [-0.4, -0.2) is 6.61 Å². The Morgan fingerprint density at radius 2 is 1.88 bits per heavy atom. The fourth-order valence-corrected chi connectivity index (χ4v) is 2.47. The van der Waals surface area contributed by atoms with Gasteiger partial charge in [-0.1, -0.05) is 30.3 Å². The molecule has 0 spiro atoms. The Morgan fingerprint density at radius 1 is 1.04 bits per heavy atom. The topological polar surface area (TPSA) is 63.2 Å². The normalized spacial score (nSPS) is 10.5. The van der Waals surface area contributed by atoms with Crippen molar-refractivity contribution in [1.29, 1.82) is 5.26 Å². The van der Waals surface area contributed by atoms with Crippen LogP contribution >= 0.6 is 0 Å². The molecule has 3 aromatic rings. The summed E-state index contributed by atoms with van der Waals surface area (Å²) in [5.41, 5.74) is 1.30. The number of benzene rings is 2. The van der Waals surface area contributed by atoms with Crippen molar-refractivity contribution < 1.29 is 9.15 Å². The van der Waals surface area contributed by atoms with Gasteiger partial charge in [-0.3, -0.25) is 4.79 Å². The second kappa shape index (κ2) is 7.47. The number of fused-ring (bicyclic) bond motifs is 1. The van der Waals surface area contributed by atoms with Gasteiger partial charge < -0.3 is 9.15 Å². The Balaban J connectivity index is 1.85. The quantitative estimate of drug-likeness (QED) is 0.626. The molecule has 0 fully saturated rings. The van der Waals surface area contributed by atoms with Crippen molar-refractivity contribution in [1.82, 2.24) is 0 Å². The van der Waals surface area contributed by atoms with Gasteiger partial charge in [0.2, 0.25) is 0 Å². The molecule has 0 amide bonds. The van der Waals surface area contributed by atoms with Crippen LogP contribution in [0.5, 0.6) is 5.75 Å². The highest BCUT2D eigenvalue weighted by atomic mass is 16.5. The van der Waals surface area contributed by atoms with E-state index in [0.29, 0.717) is 35.5 Å². The van der Waals surface area contributed by atoms with E-state index in [1.807, 2.05) is 30.3 Å². The van der Waals surface area contributed by atoms with Gasteiger partial charge in [-0.2, -0.15) is 5.26 Å². The summed E-state index contributed by atoms with van der Waals surface area (Å²) < 4.78 is 11.6. The summed E-state index contributed by atoms with van der Waals surface area (Å²) in [7, 11) is 0. The van der Waals surface area contributed by atoms with E-state index in [9.17, 15) is 4.79 Å². The van der Waals surface area contributed by atoms with E-state index in [1.165, 1.54) is 6.07 Å². The van der Waals surface area contributed by atoms with Gasteiger partial charge in [0.15, 0.2) is 5.43 Å². The molecule has 0 saturated heterocycles. The number of nitriles is 1. The molecule has 2 aromatic carbocycles. The molecule has 0 aliphatic heterocycles. The third-order valence-corrected chi connectivity index (χ3v) is 3.71. The molecule has 3 rings (SSSR count). The average Bonchev–Trinajstić information content (AvgIpc) is 2.62. The van der Waals surface area contributed by atoms with Crippen LogP contribution in [0.25, 0.3) is 22.3 Å². The average molecular weight is 319 g/mol. The number of unbranched alkanes of at least 4 members (excludes halogenated alkanes) is 2. The van der Waals surface area contributed by atoms with Crippen LogP contribution in [0.15, 0.2) is 63.8 Å². The van der Waals surface area contributed by atoms with Gasteiger partial charge in [0.05, 0.1) is 18.1 Å². The van der Waals surface area contributed by atoms with Gasteiger partial charge >= 0.3 is 0 Å². The molecule has 4 heteroatoms. The molecule has 0 aliphatic rings. The van der Waals surface area contributed by atoms with Gasteiger partial charge in [0.1, 0.15) is 17.1 Å². The van der Waals surface area contributed by atoms with E-state index in [1.54, 1.807) is 18.2 Å². The summed E-state index contributed by atoms with van der Waals surface area (Å²) in [5, 5.41) is 9.05. The van der Waals surface area contributed by atoms with E-state index >= 15 is 0 Å². The lowest BCUT2D eigenvalue weighted by Gasteiger charge is -2.07. The largest absolute Gasteiger partial charge is 0.493 e. The Labute approximate surface area is 139 Å². The molecular weight excluding hydrogens is 302 g/mol. The number of rotatable bonds is 6. The van der Waals surface area contributed by atoms with Gasteiger partial charge in [0, 0.05) is 24.1 Å². The highest BCUT2D eigenvalue weighted by Gasteiger charge is 2.08. The highest BCUT2D eigenvalue weighted by Crippen LogP contribution is 2.24. The SMILES string of the molecule is N#CCCCCOc1ccc2c(=O)cc(-c3ccccc3)oc2c1. The molecule has 4 nitrogen and oxygen atoms in total. The third-order valence-electron chi connectivity index (χ3n) is 3.71. The van der Waals surface area contributed by atoms with Crippen molar-refractivity contribution in [3.05, 3.63) is 64.8 Å². The summed E-state index contributed by atoms with van der Waals surface area (Å²) in [6.07, 6.45) is 2.17. The van der Waals surface area contributed by atoms with Gasteiger partial charge in [-0.15, -0.1) is 0 Å². The molecule has 120 valence electrons. The van der Waals surface area contributed by atoms with Crippen LogP contribution in [-0.2, 0) is 0 Å². The Kier molecular flexibility index (Phi) is 4.93. The van der Waals surface area contributed by atoms with E-state index in [4.69, 9.17) is 14.4 Å². The van der Waals surface area contributed by atoms with Gasteiger partial charge in [0.25, 0.3) is 0 Å². The number of ether oxygens (including phenoxy) is 1. The minimum atomic E-state index is -0.0735. The first-order chi connectivity index (χ1) is 11.8. The lowest BCUT2D eigenvalue weighted by atomic mass is 10.1. The first-order valence-electron chi connectivity index (χ1n) is 7.91. The minimum Gasteiger partial charge on any atom is -0.493 e. The van der Waals surface area contributed by atoms with E-state index in [-0.39, 0.29) is 5.43 Å². The molecule has 0 aliphatic carbocycles. The summed E-state index contributed by atoms with van der Waals surface area (Å²) in [5.74, 6) is 1.20. The summed E-state index contributed by atoms with van der Waals surface area (Å²) >= 11 is 0. The summed E-state index contributed by atoms with van der Waals surface area (Å²) in [6.45, 7) is 0.537. The lowest BCUT2D eigenvalue weighted by Crippen LogP contribution is -2.01. The van der Waals surface area contributed by atoms with Crippen LogP contribution in [0, 0.1) is 11.3 Å². The molecule has 1 heterocycles. The van der Waals surface area contributed by atoms with Crippen LogP contribution < -0.4 is 10.2 Å². The van der Waals surface area contributed by atoms with Crippen LogP contribution in [0.1, 0.15) is 19.3 Å². The second-order valence-electron chi connectivity index (χ2n) is 5.46. The number of hydrogen-bond donors (Lipinski definition) is 0. The van der Waals surface area contributed by atoms with Crippen molar-refractivity contribution in [2.24, 2.45) is 0 Å². The van der Waals surface area contributed by atoms with E-state index in [2.05, 4.69) is 6.07 Å². The smallest absolute Gasteiger partial charge is 0.193 e. The Morgan fingerprint density at radius 3 is 2.67 bits per heavy atom. The van der Waals surface area contributed by atoms with Gasteiger partial charge in [-0.25, -0.2) is 0 Å². The zero-order valence-electron chi connectivity index (χ0n) is 13.2. The number of hydrogen-bond acceptors (Lipinski definition) is 4. The molecule has 0 radical (unpaired) electrons. The summed E-state index contributed by atoms with van der Waals surface area (Å²) in [6, 6.07) is 18.4. The van der Waals surface area contributed by atoms with Crippen LogP contribution in [0.3, 0.4) is 0 Å². The van der Waals surface area contributed by atoms with Crippen molar-refractivity contribution >= 4 is 11.0 Å². The predicted octanol–water partition coefficient (Wildman–Crippen LogP) is 4.53. The predicted molar refractivity (Wildman–Crippen MR) is 92.9 cm³/mol. The molecule has 0 atom stereocenters. The second-order valence-corrected chi connectivity index (χ2v) is 5.46. The summed E-state index contributed by atoms with van der Waals surface area (Å²) in [4.78, 5) is 12.3. The molecule has 0 bridgehead atoms. The lowest BCUT2D eigenvalue weighted by molar-refractivity contribution is 0.307. The van der Waals surface area contributed by atoms with Crippen molar-refractivity contribution in [2.45, 2.75) is 19.3 Å². The standard InChI is InChI=1S/C20H17NO3/c21-11-5-2-6-12-23-16-9-10-17-18(22)14-19(24-20(17)13-16)15-7-3-1-4-8-15/h1,3-4,7-10,13-14H,2,5-6,12H2. The van der Waals surface area contributed by atoms with E-state index < -0.39 is 0 Å². The number of nitrogens with zero attached hydrogens (tertiary/aromatic N) is 1. The van der Waals surface area contributed by atoms with Crippen molar-refractivity contribution in [2.75, 3.05) is 6.61 Å². The highest BCUT2D eigenvalue weighted by molar-refractivity contribution is 5.80. The maximum atomic E-state index is 12.3. The Bertz CT molecular complexity index is 923. The first kappa shape index (κ1) is 15.8. The maximum absolute atomic E-state index is 12.3. The first-order valence-corrected chi connectivity index (χ1v) is 7.91. The zero-order chi connectivity index (χ0) is 16.8. The maximum Gasteiger partial charge on any atom is 0.193 e. The zero-order valence-corrected chi connectivity index (χ0v) is 13.2. The third kappa shape index (κ3) is 3.64. The molecule has 0 N–H and O–H groups in total. The molecular formula is C20H17NO3. The van der Waals surface area contributed by atoms with Gasteiger partial charge in [-0.05, 0) is 25.0 Å². The molecule has 0 unspecified atom stereocenters. The van der Waals surface area contributed by atoms with Crippen LogP contribution in [0.4, 0.5) is 0 Å². The monoisotopic (exact) mass is 319 g/mol. The molecule has 24 heavy (non-hydrogen) atoms. The van der Waals surface area contributed by atoms with Crippen LogP contribution in [0.2, 0.25) is 0 Å². The van der Waals surface area contributed by atoms with Crippen molar-refractivity contribution in [3.8, 4) is 23.1 Å². The van der Waals surface area contributed by atoms with E-state index in [0.717, 1.165) is 18.4 Å². The Hall–Kier alpha value is -3.06. The van der Waals surface area contributed by atoms with Crippen molar-refractivity contribution in [3.63, 3.8) is 0 Å². The molecule has 1 aromatic heterocycles. The fraction of sp³-hybridized carbons (Fsp3) is 0.200. The minimum absolute atomic E-state index is 0.0735. The fourth-order valence-electron chi connectivity index (χ4n) is 2.47.